The van der Waals surface area contributed by atoms with E-state index >= 15 is 0 Å². The Balaban J connectivity index is 1.78. The number of benzene rings is 2. The van der Waals surface area contributed by atoms with Gasteiger partial charge >= 0.3 is 0 Å². The Hall–Kier alpha value is -2.95. The van der Waals surface area contributed by atoms with Gasteiger partial charge in [0, 0.05) is 17.9 Å². The number of fused-ring (bicyclic) bond motifs is 1. The molecule has 1 saturated heterocycles. The predicted octanol–water partition coefficient (Wildman–Crippen LogP) is 3.74. The first-order chi connectivity index (χ1) is 14.4. The van der Waals surface area contributed by atoms with E-state index in [1.807, 2.05) is 38.1 Å². The van der Waals surface area contributed by atoms with E-state index in [0.717, 1.165) is 11.1 Å². The van der Waals surface area contributed by atoms with E-state index in [2.05, 4.69) is 6.07 Å². The summed E-state index contributed by atoms with van der Waals surface area (Å²) >= 11 is 1.32. The summed E-state index contributed by atoms with van der Waals surface area (Å²) in [5, 5.41) is 31.8. The van der Waals surface area contributed by atoms with Crippen LogP contribution < -0.4 is 4.74 Å². The van der Waals surface area contributed by atoms with Gasteiger partial charge in [-0.15, -0.1) is 11.8 Å². The molecule has 2 aliphatic heterocycles. The summed E-state index contributed by atoms with van der Waals surface area (Å²) in [4.78, 5) is 14.6. The molecule has 2 aromatic carbocycles. The highest BCUT2D eigenvalue weighted by Gasteiger charge is 2.51. The normalized spacial score (nSPS) is 23.3. The van der Waals surface area contributed by atoms with Gasteiger partial charge in [0.15, 0.2) is 17.2 Å². The molecular formula is C23H22N2O4S. The molecule has 6 nitrogen and oxygen atoms in total. The average Bonchev–Trinajstić information content (AvgIpc) is 3.09. The van der Waals surface area contributed by atoms with E-state index in [0.29, 0.717) is 28.5 Å². The van der Waals surface area contributed by atoms with Gasteiger partial charge in [-0.1, -0.05) is 35.9 Å². The van der Waals surface area contributed by atoms with Crippen molar-refractivity contribution in [1.29, 1.82) is 5.26 Å². The van der Waals surface area contributed by atoms with Crippen LogP contribution in [0.4, 0.5) is 0 Å². The smallest absolute Gasteiger partial charge is 0.231 e. The number of carbonyl (C=O) groups excluding carboxylic acids is 1. The number of phenols is 1. The fraction of sp³-hybridized carbons (Fsp3) is 0.304. The number of amides is 1. The van der Waals surface area contributed by atoms with Crippen LogP contribution in [0.1, 0.15) is 36.0 Å². The van der Waals surface area contributed by atoms with Gasteiger partial charge in [0.25, 0.3) is 0 Å². The molecule has 2 N–H and O–H groups in total. The molecule has 0 aliphatic carbocycles. The summed E-state index contributed by atoms with van der Waals surface area (Å²) in [5.41, 5.74) is 1.37. The molecule has 4 rings (SSSR count). The third kappa shape index (κ3) is 3.22. The Morgan fingerprint density at radius 3 is 2.70 bits per heavy atom. The van der Waals surface area contributed by atoms with Crippen LogP contribution in [-0.2, 0) is 10.5 Å². The zero-order chi connectivity index (χ0) is 21.5. The maximum Gasteiger partial charge on any atom is 0.231 e. The summed E-state index contributed by atoms with van der Waals surface area (Å²) in [5.74, 6) is -0.106. The Kier molecular flexibility index (Phi) is 5.22. The van der Waals surface area contributed by atoms with Gasteiger partial charge in [0.1, 0.15) is 0 Å². The number of carbonyl (C=O) groups is 1. The molecule has 154 valence electrons. The van der Waals surface area contributed by atoms with E-state index in [1.165, 1.54) is 22.7 Å². The number of hydrogen-bond acceptors (Lipinski definition) is 6. The molecule has 1 fully saturated rings. The van der Waals surface area contributed by atoms with Crippen molar-refractivity contribution in [3.05, 3.63) is 69.8 Å². The summed E-state index contributed by atoms with van der Waals surface area (Å²) in [6.45, 7) is 4.17. The second-order valence-electron chi connectivity index (χ2n) is 7.45. The Bertz CT molecular complexity index is 1070. The minimum atomic E-state index is -1.48. The van der Waals surface area contributed by atoms with Crippen molar-refractivity contribution in [2.24, 2.45) is 0 Å². The third-order valence-electron chi connectivity index (χ3n) is 5.51. The molecule has 0 spiro atoms. The minimum absolute atomic E-state index is 0.0134. The van der Waals surface area contributed by atoms with Crippen LogP contribution in [0.3, 0.4) is 0 Å². The highest BCUT2D eigenvalue weighted by molar-refractivity contribution is 8.03. The van der Waals surface area contributed by atoms with E-state index in [1.54, 1.807) is 12.1 Å². The highest BCUT2D eigenvalue weighted by atomic mass is 32.2. The molecule has 0 saturated carbocycles. The summed E-state index contributed by atoms with van der Waals surface area (Å²) in [6.07, 6.45) is 0.0530. The number of aliphatic hydroxyl groups is 1. The van der Waals surface area contributed by atoms with Crippen molar-refractivity contribution in [3.8, 4) is 17.6 Å². The topological polar surface area (TPSA) is 93.8 Å². The van der Waals surface area contributed by atoms with E-state index in [9.17, 15) is 20.3 Å². The second kappa shape index (κ2) is 7.71. The van der Waals surface area contributed by atoms with Crippen molar-refractivity contribution in [1.82, 2.24) is 4.90 Å². The van der Waals surface area contributed by atoms with Crippen molar-refractivity contribution in [2.75, 3.05) is 12.4 Å². The molecule has 2 heterocycles. The number of phenolic OH excluding ortho intramolecular Hbond substituents is 1. The first-order valence-corrected chi connectivity index (χ1v) is 10.7. The van der Waals surface area contributed by atoms with Gasteiger partial charge in [0.05, 0.1) is 29.0 Å². The lowest BCUT2D eigenvalue weighted by Gasteiger charge is -2.38. The minimum Gasteiger partial charge on any atom is -0.504 e. The lowest BCUT2D eigenvalue weighted by molar-refractivity contribution is -0.149. The fourth-order valence-electron chi connectivity index (χ4n) is 3.96. The van der Waals surface area contributed by atoms with Crippen LogP contribution in [0.5, 0.6) is 11.5 Å². The monoisotopic (exact) mass is 422 g/mol. The van der Waals surface area contributed by atoms with E-state index in [4.69, 9.17) is 4.74 Å². The fourth-order valence-corrected chi connectivity index (χ4v) is 5.32. The van der Waals surface area contributed by atoms with Crippen molar-refractivity contribution in [3.63, 3.8) is 0 Å². The van der Waals surface area contributed by atoms with Crippen molar-refractivity contribution in [2.45, 2.75) is 31.9 Å². The van der Waals surface area contributed by atoms with Crippen LogP contribution in [0.25, 0.3) is 0 Å². The molecule has 30 heavy (non-hydrogen) atoms. The molecule has 2 atom stereocenters. The van der Waals surface area contributed by atoms with E-state index < -0.39 is 11.6 Å². The van der Waals surface area contributed by atoms with Crippen LogP contribution >= 0.6 is 11.8 Å². The van der Waals surface area contributed by atoms with Crippen LogP contribution in [-0.4, -0.2) is 33.4 Å². The molecule has 0 unspecified atom stereocenters. The summed E-state index contributed by atoms with van der Waals surface area (Å²) in [7, 11) is 0. The molecule has 0 radical (unpaired) electrons. The number of aryl methyl sites for hydroxylation is 1. The number of nitriles is 1. The first-order valence-electron chi connectivity index (χ1n) is 9.74. The van der Waals surface area contributed by atoms with Gasteiger partial charge in [-0.3, -0.25) is 9.69 Å². The zero-order valence-corrected chi connectivity index (χ0v) is 17.6. The van der Waals surface area contributed by atoms with Crippen LogP contribution in [0.2, 0.25) is 0 Å². The average molecular weight is 423 g/mol. The Morgan fingerprint density at radius 2 is 2.03 bits per heavy atom. The Labute approximate surface area is 179 Å². The number of thioether (sulfide) groups is 1. The van der Waals surface area contributed by atoms with E-state index in [-0.39, 0.29) is 23.8 Å². The number of allylic oxidation sites excluding steroid dienone is 1. The van der Waals surface area contributed by atoms with Gasteiger partial charge in [-0.05, 0) is 31.5 Å². The quantitative estimate of drug-likeness (QED) is 0.780. The largest absolute Gasteiger partial charge is 0.504 e. The molecule has 0 bridgehead atoms. The number of rotatable bonds is 4. The maximum absolute atomic E-state index is 13.2. The number of hydrogen-bond donors (Lipinski definition) is 2. The molecular weight excluding hydrogens is 400 g/mol. The first kappa shape index (κ1) is 20.3. The van der Waals surface area contributed by atoms with Gasteiger partial charge in [-0.2, -0.15) is 5.26 Å². The van der Waals surface area contributed by atoms with Gasteiger partial charge < -0.3 is 14.9 Å². The second-order valence-corrected chi connectivity index (χ2v) is 8.41. The number of nitrogens with zero attached hydrogens (tertiary/aromatic N) is 2. The molecule has 2 aromatic rings. The zero-order valence-electron chi connectivity index (χ0n) is 16.8. The van der Waals surface area contributed by atoms with Crippen LogP contribution in [0, 0.1) is 18.3 Å². The van der Waals surface area contributed by atoms with Crippen LogP contribution in [0.15, 0.2) is 53.1 Å². The van der Waals surface area contributed by atoms with Crippen molar-refractivity contribution < 1.29 is 19.7 Å². The number of aromatic hydroxyl groups is 1. The van der Waals surface area contributed by atoms with Crippen molar-refractivity contribution >= 4 is 17.7 Å². The Morgan fingerprint density at radius 1 is 1.30 bits per heavy atom. The predicted molar refractivity (Wildman–Crippen MR) is 114 cm³/mol. The highest BCUT2D eigenvalue weighted by Crippen LogP contribution is 2.52. The van der Waals surface area contributed by atoms with Gasteiger partial charge in [-0.25, -0.2) is 0 Å². The maximum atomic E-state index is 13.2. The molecule has 2 aliphatic rings. The molecule has 1 amide bonds. The third-order valence-corrected chi connectivity index (χ3v) is 6.73. The standard InChI is InChI=1S/C23H22N2O4S/c1-3-29-20-10-15(6-9-19(20)26)17-11-21(27)25-22(18(17)12-24)30-13-23(25,28)16-7-4-14(2)5-8-16/h4-10,17,26,28H,3,11,13H2,1-2H3/t17-,23+/m0/s1. The lowest BCUT2D eigenvalue weighted by Crippen LogP contribution is -2.48. The SMILES string of the molecule is CCOc1cc([C@@H]2CC(=O)N3C(=C2C#N)SC[C@@]3(O)c2ccc(C)cc2)ccc1O. The molecule has 0 aromatic heterocycles. The summed E-state index contributed by atoms with van der Waals surface area (Å²) in [6, 6.07) is 14.6. The number of ether oxygens (including phenoxy) is 1. The molecule has 7 heteroatoms. The lowest BCUT2D eigenvalue weighted by atomic mass is 9.85. The van der Waals surface area contributed by atoms with Gasteiger partial charge in [0.2, 0.25) is 5.91 Å². The summed E-state index contributed by atoms with van der Waals surface area (Å²) < 4.78 is 5.46.